The first-order valence-electron chi connectivity index (χ1n) is 6.36. The van der Waals surface area contributed by atoms with Crippen molar-refractivity contribution in [3.05, 3.63) is 0 Å². The minimum absolute atomic E-state index is 0.410. The van der Waals surface area contributed by atoms with Crippen molar-refractivity contribution in [2.75, 3.05) is 26.7 Å². The molecule has 1 aliphatic rings. The lowest BCUT2D eigenvalue weighted by molar-refractivity contribution is 0.0742. The number of guanidine groups is 1. The molecule has 0 bridgehead atoms. The van der Waals surface area contributed by atoms with Crippen LogP contribution < -0.4 is 10.6 Å². The van der Waals surface area contributed by atoms with E-state index in [0.717, 1.165) is 25.6 Å². The van der Waals surface area contributed by atoms with Gasteiger partial charge in [0.25, 0.3) is 0 Å². The lowest BCUT2D eigenvalue weighted by Gasteiger charge is -2.17. The molecule has 4 nitrogen and oxygen atoms in total. The molecule has 2 atom stereocenters. The second kappa shape index (κ2) is 7.49. The van der Waals surface area contributed by atoms with Gasteiger partial charge in [0.05, 0.1) is 6.10 Å². The van der Waals surface area contributed by atoms with Gasteiger partial charge in [0.15, 0.2) is 5.96 Å². The average Bonchev–Trinajstić information content (AvgIpc) is 2.74. The fourth-order valence-corrected chi connectivity index (χ4v) is 2.24. The molecule has 1 saturated carbocycles. The minimum Gasteiger partial charge on any atom is -0.381 e. The van der Waals surface area contributed by atoms with Gasteiger partial charge in [-0.25, -0.2) is 0 Å². The van der Waals surface area contributed by atoms with Gasteiger partial charge in [-0.3, -0.25) is 4.99 Å². The molecule has 2 unspecified atom stereocenters. The van der Waals surface area contributed by atoms with Gasteiger partial charge in [-0.15, -0.1) is 0 Å². The molecular weight excluding hydrogens is 202 g/mol. The molecule has 0 aromatic heterocycles. The number of nitrogens with zero attached hydrogens (tertiary/aromatic N) is 1. The van der Waals surface area contributed by atoms with Gasteiger partial charge >= 0.3 is 0 Å². The molecule has 0 heterocycles. The Kier molecular flexibility index (Phi) is 6.23. The van der Waals surface area contributed by atoms with Crippen LogP contribution in [0.3, 0.4) is 0 Å². The lowest BCUT2D eigenvalue weighted by atomic mass is 10.1. The first-order chi connectivity index (χ1) is 7.81. The summed E-state index contributed by atoms with van der Waals surface area (Å²) in [6.07, 6.45) is 4.12. The Balaban J connectivity index is 2.41. The van der Waals surface area contributed by atoms with Crippen LogP contribution in [-0.4, -0.2) is 38.8 Å². The number of rotatable bonds is 5. The van der Waals surface area contributed by atoms with E-state index in [9.17, 15) is 0 Å². The molecular formula is C12H25N3O. The van der Waals surface area contributed by atoms with Crippen molar-refractivity contribution in [2.45, 2.75) is 39.2 Å². The molecule has 1 rings (SSSR count). The molecule has 2 N–H and O–H groups in total. The summed E-state index contributed by atoms with van der Waals surface area (Å²) in [6.45, 7) is 6.85. The van der Waals surface area contributed by atoms with E-state index in [2.05, 4.69) is 29.5 Å². The molecule has 0 aromatic rings. The van der Waals surface area contributed by atoms with Crippen LogP contribution in [-0.2, 0) is 4.74 Å². The highest BCUT2D eigenvalue weighted by Gasteiger charge is 2.26. The molecule has 0 aliphatic heterocycles. The Bertz CT molecular complexity index is 210. The van der Waals surface area contributed by atoms with Gasteiger partial charge in [-0.2, -0.15) is 0 Å². The van der Waals surface area contributed by atoms with Crippen LogP contribution in [0.4, 0.5) is 0 Å². The molecule has 0 spiro atoms. The molecule has 4 heteroatoms. The molecule has 0 amide bonds. The van der Waals surface area contributed by atoms with Crippen molar-refractivity contribution in [1.82, 2.24) is 10.6 Å². The predicted molar refractivity (Wildman–Crippen MR) is 67.8 cm³/mol. The number of nitrogens with one attached hydrogen (secondary N) is 2. The van der Waals surface area contributed by atoms with Crippen molar-refractivity contribution in [3.63, 3.8) is 0 Å². The molecule has 0 saturated heterocycles. The van der Waals surface area contributed by atoms with E-state index in [-0.39, 0.29) is 0 Å². The van der Waals surface area contributed by atoms with Crippen LogP contribution in [0, 0.1) is 5.92 Å². The second-order valence-corrected chi connectivity index (χ2v) is 4.22. The van der Waals surface area contributed by atoms with E-state index >= 15 is 0 Å². The maximum atomic E-state index is 5.47. The van der Waals surface area contributed by atoms with Gasteiger partial charge in [0, 0.05) is 32.7 Å². The summed E-state index contributed by atoms with van der Waals surface area (Å²) < 4.78 is 5.47. The Morgan fingerprint density at radius 1 is 1.25 bits per heavy atom. The van der Waals surface area contributed by atoms with Gasteiger partial charge in [0.2, 0.25) is 0 Å². The Morgan fingerprint density at radius 2 is 1.94 bits per heavy atom. The van der Waals surface area contributed by atoms with Crippen molar-refractivity contribution >= 4 is 5.96 Å². The lowest BCUT2D eigenvalue weighted by Crippen LogP contribution is -2.37. The monoisotopic (exact) mass is 227 g/mol. The highest BCUT2D eigenvalue weighted by Crippen LogP contribution is 2.27. The maximum absolute atomic E-state index is 5.47. The number of hydrogen-bond donors (Lipinski definition) is 2. The zero-order valence-corrected chi connectivity index (χ0v) is 10.8. The van der Waals surface area contributed by atoms with Crippen LogP contribution in [0.5, 0.6) is 0 Å². The fraction of sp³-hybridized carbons (Fsp3) is 0.917. The van der Waals surface area contributed by atoms with E-state index in [0.29, 0.717) is 12.0 Å². The summed E-state index contributed by atoms with van der Waals surface area (Å²) in [6, 6.07) is 0. The molecule has 1 aliphatic carbocycles. The molecule has 0 aromatic carbocycles. The zero-order chi connectivity index (χ0) is 11.8. The SMILES string of the molecule is CCNC(=NCC1CCCC1OC)NCC. The van der Waals surface area contributed by atoms with Crippen molar-refractivity contribution in [2.24, 2.45) is 10.9 Å². The van der Waals surface area contributed by atoms with Crippen LogP contribution in [0.25, 0.3) is 0 Å². The molecule has 16 heavy (non-hydrogen) atoms. The minimum atomic E-state index is 0.410. The molecule has 0 radical (unpaired) electrons. The van der Waals surface area contributed by atoms with Crippen LogP contribution in [0.15, 0.2) is 4.99 Å². The van der Waals surface area contributed by atoms with Gasteiger partial charge < -0.3 is 15.4 Å². The number of ether oxygens (including phenoxy) is 1. The third-order valence-corrected chi connectivity index (χ3v) is 3.06. The smallest absolute Gasteiger partial charge is 0.191 e. The summed E-state index contributed by atoms with van der Waals surface area (Å²) in [5.41, 5.74) is 0. The van der Waals surface area contributed by atoms with Crippen LogP contribution in [0.1, 0.15) is 33.1 Å². The highest BCUT2D eigenvalue weighted by atomic mass is 16.5. The molecule has 1 fully saturated rings. The quantitative estimate of drug-likeness (QED) is 0.551. The van der Waals surface area contributed by atoms with Gasteiger partial charge in [0.1, 0.15) is 0 Å². The van der Waals surface area contributed by atoms with E-state index < -0.39 is 0 Å². The third-order valence-electron chi connectivity index (χ3n) is 3.06. The average molecular weight is 227 g/mol. The van der Waals surface area contributed by atoms with E-state index in [1.165, 1.54) is 19.3 Å². The van der Waals surface area contributed by atoms with Crippen molar-refractivity contribution < 1.29 is 4.74 Å². The Labute approximate surface area is 98.9 Å². The summed E-state index contributed by atoms with van der Waals surface area (Å²) in [4.78, 5) is 4.60. The summed E-state index contributed by atoms with van der Waals surface area (Å²) >= 11 is 0. The van der Waals surface area contributed by atoms with Crippen molar-refractivity contribution in [1.29, 1.82) is 0 Å². The first-order valence-corrected chi connectivity index (χ1v) is 6.36. The molecule has 94 valence electrons. The van der Waals surface area contributed by atoms with Crippen LogP contribution in [0.2, 0.25) is 0 Å². The van der Waals surface area contributed by atoms with E-state index in [1.54, 1.807) is 0 Å². The third kappa shape index (κ3) is 4.00. The predicted octanol–water partition coefficient (Wildman–Crippen LogP) is 1.38. The fourth-order valence-electron chi connectivity index (χ4n) is 2.24. The number of hydrogen-bond acceptors (Lipinski definition) is 2. The van der Waals surface area contributed by atoms with Crippen molar-refractivity contribution in [3.8, 4) is 0 Å². The Hall–Kier alpha value is -0.770. The first kappa shape index (κ1) is 13.3. The largest absolute Gasteiger partial charge is 0.381 e. The zero-order valence-electron chi connectivity index (χ0n) is 10.8. The van der Waals surface area contributed by atoms with Gasteiger partial charge in [-0.05, 0) is 26.7 Å². The Morgan fingerprint density at radius 3 is 2.50 bits per heavy atom. The topological polar surface area (TPSA) is 45.7 Å². The number of methoxy groups -OCH3 is 1. The maximum Gasteiger partial charge on any atom is 0.191 e. The van der Waals surface area contributed by atoms with Gasteiger partial charge in [-0.1, -0.05) is 6.42 Å². The summed E-state index contributed by atoms with van der Waals surface area (Å²) in [7, 11) is 1.81. The van der Waals surface area contributed by atoms with E-state index in [1.807, 2.05) is 7.11 Å². The highest BCUT2D eigenvalue weighted by molar-refractivity contribution is 5.79. The van der Waals surface area contributed by atoms with Crippen LogP contribution >= 0.6 is 0 Å². The number of aliphatic imine (C=N–C) groups is 1. The van der Waals surface area contributed by atoms with E-state index in [4.69, 9.17) is 4.74 Å². The normalized spacial score (nSPS) is 24.2. The summed E-state index contributed by atoms with van der Waals surface area (Å²) in [5.74, 6) is 1.52. The second-order valence-electron chi connectivity index (χ2n) is 4.22. The summed E-state index contributed by atoms with van der Waals surface area (Å²) in [5, 5.41) is 6.48. The standard InChI is InChI=1S/C12H25N3O/c1-4-13-12(14-5-2)15-9-10-7-6-8-11(10)16-3/h10-11H,4-9H2,1-3H3,(H2,13,14,15).